The number of halogens is 1. The molecule has 3 aromatic rings. The Morgan fingerprint density at radius 3 is 2.88 bits per heavy atom. The number of rotatable bonds is 3. The number of methoxy groups -OCH3 is 1. The van der Waals surface area contributed by atoms with E-state index in [9.17, 15) is 0 Å². The second-order valence-corrected chi connectivity index (χ2v) is 7.21. The van der Waals surface area contributed by atoms with E-state index in [1.165, 1.54) is 0 Å². The third-order valence-corrected chi connectivity index (χ3v) is 5.20. The molecule has 2 aromatic carbocycles. The van der Waals surface area contributed by atoms with E-state index in [4.69, 9.17) is 27.8 Å². The van der Waals surface area contributed by atoms with Crippen LogP contribution in [-0.2, 0) is 5.66 Å². The van der Waals surface area contributed by atoms with Crippen LogP contribution in [0.5, 0.6) is 5.75 Å². The zero-order valence-corrected chi connectivity index (χ0v) is 15.4. The summed E-state index contributed by atoms with van der Waals surface area (Å²) in [6.45, 7) is 0. The fourth-order valence-electron chi connectivity index (χ4n) is 2.94. The average Bonchev–Trinajstić information content (AvgIpc) is 3.08. The van der Waals surface area contributed by atoms with E-state index < -0.39 is 5.66 Å². The zero-order valence-electron chi connectivity index (χ0n) is 13.9. The SMILES string of the molecule is COc1ccc(Cl)cc1C1=CC(N)(c2ccc3ncsc3c2)N=C(N)N1. The number of nitrogens with two attached hydrogens (primary N) is 2. The lowest BCUT2D eigenvalue weighted by Gasteiger charge is -2.29. The lowest BCUT2D eigenvalue weighted by molar-refractivity contribution is 0.413. The second-order valence-electron chi connectivity index (χ2n) is 5.88. The summed E-state index contributed by atoms with van der Waals surface area (Å²) in [4.78, 5) is 8.72. The van der Waals surface area contributed by atoms with Crippen LogP contribution in [0.15, 0.2) is 53.0 Å². The molecule has 6 nitrogen and oxygen atoms in total. The van der Waals surface area contributed by atoms with E-state index in [0.717, 1.165) is 21.3 Å². The lowest BCUT2D eigenvalue weighted by Crippen LogP contribution is -2.44. The van der Waals surface area contributed by atoms with Gasteiger partial charge in [-0.25, -0.2) is 9.98 Å². The lowest BCUT2D eigenvalue weighted by atomic mass is 9.96. The van der Waals surface area contributed by atoms with Crippen LogP contribution in [0.4, 0.5) is 0 Å². The van der Waals surface area contributed by atoms with Gasteiger partial charge in [-0.05, 0) is 42.0 Å². The maximum absolute atomic E-state index is 6.61. The van der Waals surface area contributed by atoms with Gasteiger partial charge in [0.2, 0.25) is 0 Å². The molecule has 26 heavy (non-hydrogen) atoms. The minimum Gasteiger partial charge on any atom is -0.496 e. The molecule has 0 amide bonds. The molecule has 1 aliphatic rings. The summed E-state index contributed by atoms with van der Waals surface area (Å²) < 4.78 is 6.48. The number of thiazole rings is 1. The summed E-state index contributed by atoms with van der Waals surface area (Å²) in [6, 6.07) is 11.2. The molecule has 0 fully saturated rings. The van der Waals surface area contributed by atoms with Gasteiger partial charge in [-0.2, -0.15) is 0 Å². The van der Waals surface area contributed by atoms with Crippen LogP contribution in [-0.4, -0.2) is 18.1 Å². The van der Waals surface area contributed by atoms with Crippen molar-refractivity contribution in [1.29, 1.82) is 0 Å². The van der Waals surface area contributed by atoms with Crippen molar-refractivity contribution in [3.8, 4) is 5.75 Å². The van der Waals surface area contributed by atoms with Crippen LogP contribution in [0, 0.1) is 0 Å². The first-order chi connectivity index (χ1) is 12.5. The van der Waals surface area contributed by atoms with Gasteiger partial charge in [0.15, 0.2) is 11.6 Å². The van der Waals surface area contributed by atoms with Gasteiger partial charge in [0.1, 0.15) is 5.75 Å². The number of guanidine groups is 1. The van der Waals surface area contributed by atoms with E-state index >= 15 is 0 Å². The summed E-state index contributed by atoms with van der Waals surface area (Å²) in [5, 5.41) is 3.63. The van der Waals surface area contributed by atoms with E-state index in [0.29, 0.717) is 16.5 Å². The molecule has 0 spiro atoms. The van der Waals surface area contributed by atoms with Crippen molar-refractivity contribution in [2.45, 2.75) is 5.66 Å². The van der Waals surface area contributed by atoms with Crippen molar-refractivity contribution in [1.82, 2.24) is 10.3 Å². The molecule has 4 rings (SSSR count). The molecule has 5 N–H and O–H groups in total. The maximum atomic E-state index is 6.61. The number of fused-ring (bicyclic) bond motifs is 1. The number of nitrogens with zero attached hydrogens (tertiary/aromatic N) is 2. The summed E-state index contributed by atoms with van der Waals surface area (Å²) in [6.07, 6.45) is 1.82. The third kappa shape index (κ3) is 2.90. The molecule has 1 unspecified atom stereocenters. The first kappa shape index (κ1) is 16.8. The number of hydrogen-bond donors (Lipinski definition) is 3. The van der Waals surface area contributed by atoms with E-state index in [1.807, 2.05) is 24.3 Å². The zero-order chi connectivity index (χ0) is 18.3. The molecule has 0 radical (unpaired) electrons. The summed E-state index contributed by atoms with van der Waals surface area (Å²) in [5.74, 6) is 0.875. The molecular weight excluding hydrogens is 370 g/mol. The number of nitrogens with one attached hydrogen (secondary N) is 1. The minimum absolute atomic E-state index is 0.219. The molecule has 0 bridgehead atoms. The smallest absolute Gasteiger partial charge is 0.195 e. The van der Waals surface area contributed by atoms with Gasteiger partial charge in [-0.1, -0.05) is 17.7 Å². The van der Waals surface area contributed by atoms with Crippen molar-refractivity contribution in [2.75, 3.05) is 7.11 Å². The van der Waals surface area contributed by atoms with Crippen molar-refractivity contribution < 1.29 is 4.74 Å². The Morgan fingerprint density at radius 1 is 1.23 bits per heavy atom. The Labute approximate surface area is 159 Å². The Bertz CT molecular complexity index is 1060. The molecule has 1 aromatic heterocycles. The Balaban J connectivity index is 1.85. The van der Waals surface area contributed by atoms with Crippen LogP contribution in [0.1, 0.15) is 11.1 Å². The highest BCUT2D eigenvalue weighted by Gasteiger charge is 2.30. The fraction of sp³-hybridized carbons (Fsp3) is 0.111. The van der Waals surface area contributed by atoms with Crippen LogP contribution in [0.2, 0.25) is 5.02 Å². The highest BCUT2D eigenvalue weighted by atomic mass is 35.5. The summed E-state index contributed by atoms with van der Waals surface area (Å²) in [5.41, 5.74) is 16.5. The topological polar surface area (TPSA) is 98.5 Å². The third-order valence-electron chi connectivity index (χ3n) is 4.18. The summed E-state index contributed by atoms with van der Waals surface area (Å²) in [7, 11) is 1.60. The molecular formula is C18H16ClN5OS. The van der Waals surface area contributed by atoms with Crippen molar-refractivity contribution in [2.24, 2.45) is 16.5 Å². The van der Waals surface area contributed by atoms with Crippen LogP contribution in [0.3, 0.4) is 0 Å². The molecule has 1 atom stereocenters. The quantitative estimate of drug-likeness (QED) is 0.643. The second kappa shape index (κ2) is 6.28. The first-order valence-corrected chi connectivity index (χ1v) is 9.06. The Kier molecular flexibility index (Phi) is 4.07. The number of aliphatic imine (C=N–C) groups is 1. The Morgan fingerprint density at radius 2 is 2.08 bits per heavy atom. The highest BCUT2D eigenvalue weighted by Crippen LogP contribution is 2.34. The van der Waals surface area contributed by atoms with Crippen LogP contribution < -0.4 is 21.5 Å². The van der Waals surface area contributed by atoms with Crippen molar-refractivity contribution in [3.63, 3.8) is 0 Å². The Hall–Kier alpha value is -2.61. The largest absolute Gasteiger partial charge is 0.496 e. The van der Waals surface area contributed by atoms with Crippen molar-refractivity contribution in [3.05, 3.63) is 64.1 Å². The number of ether oxygens (including phenoxy) is 1. The molecule has 0 saturated heterocycles. The highest BCUT2D eigenvalue weighted by molar-refractivity contribution is 7.16. The molecule has 0 saturated carbocycles. The average molecular weight is 386 g/mol. The van der Waals surface area contributed by atoms with E-state index in [-0.39, 0.29) is 5.96 Å². The van der Waals surface area contributed by atoms with Gasteiger partial charge in [0.05, 0.1) is 28.5 Å². The maximum Gasteiger partial charge on any atom is 0.195 e. The van der Waals surface area contributed by atoms with Gasteiger partial charge < -0.3 is 15.8 Å². The molecule has 2 heterocycles. The van der Waals surface area contributed by atoms with Gasteiger partial charge in [0, 0.05) is 10.6 Å². The predicted molar refractivity (Wildman–Crippen MR) is 106 cm³/mol. The van der Waals surface area contributed by atoms with Gasteiger partial charge in [0.25, 0.3) is 0 Å². The number of hydrogen-bond acceptors (Lipinski definition) is 7. The van der Waals surface area contributed by atoms with Gasteiger partial charge in [-0.3, -0.25) is 5.73 Å². The predicted octanol–water partition coefficient (Wildman–Crippen LogP) is 3.03. The molecule has 132 valence electrons. The number of aromatic nitrogens is 1. The van der Waals surface area contributed by atoms with E-state index in [2.05, 4.69) is 15.3 Å². The normalized spacial score (nSPS) is 19.7. The standard InChI is InChI=1S/C18H16ClN5OS/c1-25-15-5-3-11(19)7-12(15)14-8-18(21,24-17(20)23-14)10-2-4-13-16(6-10)26-9-22-13/h2-9H,21H2,1H3,(H3,20,23,24). The number of benzene rings is 2. The fourth-order valence-corrected chi connectivity index (χ4v) is 3.83. The van der Waals surface area contributed by atoms with Gasteiger partial charge >= 0.3 is 0 Å². The van der Waals surface area contributed by atoms with Crippen molar-refractivity contribution >= 4 is 44.8 Å². The monoisotopic (exact) mass is 385 g/mol. The van der Waals surface area contributed by atoms with Crippen LogP contribution >= 0.6 is 22.9 Å². The van der Waals surface area contributed by atoms with Gasteiger partial charge in [-0.15, -0.1) is 11.3 Å². The summed E-state index contributed by atoms with van der Waals surface area (Å²) >= 11 is 7.71. The van der Waals surface area contributed by atoms with E-state index in [1.54, 1.807) is 42.2 Å². The first-order valence-electron chi connectivity index (χ1n) is 7.80. The molecule has 8 heteroatoms. The molecule has 0 aliphatic carbocycles. The molecule has 1 aliphatic heterocycles. The van der Waals surface area contributed by atoms with Crippen LogP contribution in [0.25, 0.3) is 15.9 Å². The minimum atomic E-state index is -1.11.